The van der Waals surface area contributed by atoms with Crippen molar-refractivity contribution in [3.05, 3.63) is 95.8 Å². The van der Waals surface area contributed by atoms with Gasteiger partial charge >= 0.3 is 0 Å². The molecule has 1 atom stereocenters. The highest BCUT2D eigenvalue weighted by molar-refractivity contribution is 5.90. The minimum atomic E-state index is -0.127. The summed E-state index contributed by atoms with van der Waals surface area (Å²) in [6.45, 7) is 36.7. The molecule has 0 heterocycles. The predicted molar refractivity (Wildman–Crippen MR) is 273 cm³/mol. The van der Waals surface area contributed by atoms with Crippen LogP contribution in [0, 0.1) is 22.2 Å². The number of phenols is 6. The van der Waals surface area contributed by atoms with Gasteiger partial charge in [0, 0.05) is 18.0 Å². The van der Waals surface area contributed by atoms with Gasteiger partial charge in [0.2, 0.25) is 0 Å². The van der Waals surface area contributed by atoms with Gasteiger partial charge < -0.3 is 46.0 Å². The third-order valence-electron chi connectivity index (χ3n) is 10.7. The third kappa shape index (κ3) is 26.2. The van der Waals surface area contributed by atoms with Gasteiger partial charge in [-0.2, -0.15) is 0 Å². The lowest BCUT2D eigenvalue weighted by molar-refractivity contribution is -0.126. The fraction of sp³-hybridized carbons (Fsp3) is 0.564. The maximum atomic E-state index is 12.6. The van der Waals surface area contributed by atoms with Crippen molar-refractivity contribution in [2.45, 2.75) is 141 Å². The first-order valence-corrected chi connectivity index (χ1v) is 23.5. The largest absolute Gasteiger partial charge is 0.504 e. The molecule has 67 heavy (non-hydrogen) atoms. The van der Waals surface area contributed by atoms with E-state index in [0.717, 1.165) is 48.3 Å². The van der Waals surface area contributed by atoms with Crippen molar-refractivity contribution in [2.75, 3.05) is 39.3 Å². The average molecular weight is 934 g/mol. The first-order valence-electron chi connectivity index (χ1n) is 23.5. The summed E-state index contributed by atoms with van der Waals surface area (Å²) in [6.07, 6.45) is 7.69. The molecule has 0 fully saturated rings. The Balaban J connectivity index is 0.000000505. The number of ether oxygens (including phenoxy) is 1. The summed E-state index contributed by atoms with van der Waals surface area (Å²) in [5, 5.41) is 62.9. The molecular formula is C55H87N3O9. The molecule has 3 aromatic rings. The van der Waals surface area contributed by atoms with E-state index in [1.165, 1.54) is 24.3 Å². The Morgan fingerprint density at radius 1 is 0.642 bits per heavy atom. The third-order valence-corrected chi connectivity index (χ3v) is 10.7. The Kier molecular flexibility index (Phi) is 24.8. The molecule has 0 saturated carbocycles. The minimum absolute atomic E-state index is 0.00604. The second-order valence-electron chi connectivity index (χ2n) is 22.1. The van der Waals surface area contributed by atoms with Crippen LogP contribution in [0.15, 0.2) is 79.1 Å². The number of nitrogens with one attached hydrogen (secondary N) is 2. The number of ketones is 2. The van der Waals surface area contributed by atoms with Gasteiger partial charge in [0.1, 0.15) is 11.5 Å². The quantitative estimate of drug-likeness (QED) is 0.0219. The van der Waals surface area contributed by atoms with Crippen LogP contribution < -0.4 is 10.6 Å². The zero-order chi connectivity index (χ0) is 51.3. The fourth-order valence-corrected chi connectivity index (χ4v) is 6.75. The molecule has 0 radical (unpaired) electrons. The molecule has 12 nitrogen and oxygen atoms in total. The van der Waals surface area contributed by atoms with Gasteiger partial charge in [-0.05, 0) is 161 Å². The summed E-state index contributed by atoms with van der Waals surface area (Å²) in [5.74, 6) is 0.635. The maximum Gasteiger partial charge on any atom is 0.169 e. The van der Waals surface area contributed by atoms with Crippen LogP contribution in [0.4, 0.5) is 0 Å². The molecule has 3 rings (SSSR count). The molecule has 0 saturated heterocycles. The lowest BCUT2D eigenvalue weighted by Crippen LogP contribution is -2.45. The molecule has 12 heteroatoms. The number of rotatable bonds is 21. The number of benzene rings is 3. The second-order valence-corrected chi connectivity index (χ2v) is 22.1. The van der Waals surface area contributed by atoms with Gasteiger partial charge in [0.15, 0.2) is 40.3 Å². The van der Waals surface area contributed by atoms with Crippen molar-refractivity contribution in [1.29, 1.82) is 0 Å². The molecule has 0 spiro atoms. The molecule has 0 aromatic heterocycles. The number of hydrogen-bond acceptors (Lipinski definition) is 12. The zero-order valence-corrected chi connectivity index (χ0v) is 43.3. The Labute approximate surface area is 403 Å². The maximum absolute atomic E-state index is 12.6. The predicted octanol–water partition coefficient (Wildman–Crippen LogP) is 10.4. The SMILES string of the molecule is C=CC(=O)CN(CCc1ccc(O)c(O)c1)C(C)(C)C.CC(C)(C)CC(C(=O)CNCCc1ccc(O)c(O)c1)C(C)(C)C.CC(C)O/C(=C/CC(C)(C)C)CNCCc1ccc(O)c(O)c1. The topological polar surface area (TPSA) is 192 Å². The van der Waals surface area contributed by atoms with E-state index >= 15 is 0 Å². The van der Waals surface area contributed by atoms with Crippen LogP contribution in [0.2, 0.25) is 0 Å². The van der Waals surface area contributed by atoms with E-state index in [2.05, 4.69) is 111 Å². The number of allylic oxidation sites excluding steroid dienone is 1. The molecule has 8 N–H and O–H groups in total. The first-order chi connectivity index (χ1) is 30.8. The first kappa shape index (κ1) is 60.0. The highest BCUT2D eigenvalue weighted by Crippen LogP contribution is 2.36. The van der Waals surface area contributed by atoms with Crippen LogP contribution in [-0.4, -0.2) is 98.0 Å². The lowest BCUT2D eigenvalue weighted by Gasteiger charge is -2.35. The number of carbonyl (C=O) groups excluding carboxylic acids is 2. The Bertz CT molecular complexity index is 2010. The Morgan fingerprint density at radius 3 is 1.43 bits per heavy atom. The number of hydrogen-bond donors (Lipinski definition) is 8. The standard InChI is InChI=1S/C20H33NO3.C19H31NO3.C16H23NO3/c1-19(2,3)12-15(20(4,5)6)18(24)13-21-10-9-14-7-8-16(22)17(23)11-14;1-14(2)23-16(8-10-19(3,4)5)13-20-11-9-15-6-7-17(21)18(22)12-15;1-5-13(18)11-17(16(2,3)4)9-8-12-6-7-14(19)15(20)10-12/h7-8,11,15,21-23H,9-10,12-13H2,1-6H3;6-8,12,14,20-22H,9-11,13H2,1-5H3;5-7,10,19-20H,1,8-9,11H2,2-4H3/b;16-8+;. The van der Waals surface area contributed by atoms with Crippen LogP contribution in [0.25, 0.3) is 0 Å². The van der Waals surface area contributed by atoms with Crippen LogP contribution in [0.3, 0.4) is 0 Å². The number of phenolic OH excluding ortho intramolecular Hbond substituents is 6. The number of nitrogens with zero attached hydrogens (tertiary/aromatic N) is 1. The van der Waals surface area contributed by atoms with Gasteiger partial charge in [-0.15, -0.1) is 0 Å². The van der Waals surface area contributed by atoms with Crippen molar-refractivity contribution in [2.24, 2.45) is 22.2 Å². The lowest BCUT2D eigenvalue weighted by atomic mass is 9.70. The van der Waals surface area contributed by atoms with Crippen LogP contribution in [0.1, 0.15) is 126 Å². The van der Waals surface area contributed by atoms with Crippen molar-refractivity contribution < 1.29 is 45.0 Å². The molecule has 0 aliphatic rings. The molecular weight excluding hydrogens is 847 g/mol. The Morgan fingerprint density at radius 2 is 1.07 bits per heavy atom. The van der Waals surface area contributed by atoms with E-state index in [4.69, 9.17) is 4.74 Å². The molecule has 3 aromatic carbocycles. The number of Topliss-reactive ketones (excluding diaryl/α,β-unsaturated/α-hetero) is 1. The summed E-state index contributed by atoms with van der Waals surface area (Å²) in [4.78, 5) is 26.3. The van der Waals surface area contributed by atoms with Gasteiger partial charge in [-0.1, -0.05) is 87.1 Å². The van der Waals surface area contributed by atoms with Crippen LogP contribution >= 0.6 is 0 Å². The number of carbonyl (C=O) groups is 2. The highest BCUT2D eigenvalue weighted by Gasteiger charge is 2.34. The second kappa shape index (κ2) is 27.7. The van der Waals surface area contributed by atoms with Gasteiger partial charge in [-0.3, -0.25) is 14.5 Å². The molecule has 1 unspecified atom stereocenters. The van der Waals surface area contributed by atoms with Crippen molar-refractivity contribution in [3.8, 4) is 34.5 Å². The molecule has 0 amide bonds. The van der Waals surface area contributed by atoms with Crippen LogP contribution in [-0.2, 0) is 33.6 Å². The molecule has 0 bridgehead atoms. The highest BCUT2D eigenvalue weighted by atomic mass is 16.5. The zero-order valence-electron chi connectivity index (χ0n) is 43.3. The van der Waals surface area contributed by atoms with Gasteiger partial charge in [0.05, 0.1) is 25.7 Å². The fourth-order valence-electron chi connectivity index (χ4n) is 6.75. The van der Waals surface area contributed by atoms with E-state index in [0.29, 0.717) is 45.6 Å². The summed E-state index contributed by atoms with van der Waals surface area (Å²) in [7, 11) is 0. The number of aromatic hydroxyl groups is 6. The molecule has 0 aliphatic heterocycles. The summed E-state index contributed by atoms with van der Waals surface area (Å²) in [5.41, 5.74) is 3.02. The normalized spacial score (nSPS) is 12.7. The summed E-state index contributed by atoms with van der Waals surface area (Å²) >= 11 is 0. The van der Waals surface area contributed by atoms with Gasteiger partial charge in [0.25, 0.3) is 0 Å². The van der Waals surface area contributed by atoms with E-state index in [1.807, 2.05) is 19.9 Å². The summed E-state index contributed by atoms with van der Waals surface area (Å²) < 4.78 is 5.86. The smallest absolute Gasteiger partial charge is 0.169 e. The minimum Gasteiger partial charge on any atom is -0.504 e. The van der Waals surface area contributed by atoms with Gasteiger partial charge in [-0.25, -0.2) is 0 Å². The van der Waals surface area contributed by atoms with E-state index in [-0.39, 0.29) is 79.9 Å². The summed E-state index contributed by atoms with van der Waals surface area (Å²) in [6, 6.07) is 14.5. The van der Waals surface area contributed by atoms with Crippen molar-refractivity contribution in [3.63, 3.8) is 0 Å². The Hall–Kier alpha value is -5.04. The monoisotopic (exact) mass is 934 g/mol. The van der Waals surface area contributed by atoms with E-state index < -0.39 is 0 Å². The van der Waals surface area contributed by atoms with Crippen molar-refractivity contribution >= 4 is 11.6 Å². The van der Waals surface area contributed by atoms with Crippen molar-refractivity contribution in [1.82, 2.24) is 15.5 Å². The molecule has 0 aliphatic carbocycles. The van der Waals surface area contributed by atoms with E-state index in [1.54, 1.807) is 30.3 Å². The van der Waals surface area contributed by atoms with Crippen LogP contribution in [0.5, 0.6) is 34.5 Å². The average Bonchev–Trinajstić information content (AvgIpc) is 3.20. The molecule has 376 valence electrons. The van der Waals surface area contributed by atoms with E-state index in [9.17, 15) is 40.2 Å².